The second-order valence-electron chi connectivity index (χ2n) is 3.72. The third kappa shape index (κ3) is 3.94. The minimum Gasteiger partial charge on any atom is -0.394 e. The molecule has 0 aliphatic rings. The van der Waals surface area contributed by atoms with Crippen molar-refractivity contribution >= 4 is 34.3 Å². The third-order valence-corrected chi connectivity index (χ3v) is 3.42. The summed E-state index contributed by atoms with van der Waals surface area (Å²) in [6.45, 7) is 0.814. The van der Waals surface area contributed by atoms with Crippen molar-refractivity contribution in [2.24, 2.45) is 0 Å². The van der Waals surface area contributed by atoms with E-state index in [4.69, 9.17) is 21.4 Å². The third-order valence-electron chi connectivity index (χ3n) is 2.35. The van der Waals surface area contributed by atoms with E-state index in [0.717, 1.165) is 0 Å². The van der Waals surface area contributed by atoms with Gasteiger partial charge in [0.25, 0.3) is 5.56 Å². The molecule has 0 fully saturated rings. The molecule has 1 aromatic carbocycles. The molecule has 0 amide bonds. The van der Waals surface area contributed by atoms with Crippen molar-refractivity contribution in [1.29, 1.82) is 0 Å². The molecule has 0 aliphatic heterocycles. The lowest BCUT2D eigenvalue weighted by molar-refractivity contribution is 0.103. The molecule has 2 rings (SSSR count). The van der Waals surface area contributed by atoms with Crippen LogP contribution >= 0.6 is 23.4 Å². The molecular formula is C12H13ClN2O3S. The number of rotatable bonds is 6. The number of nitrogens with zero attached hydrogens (tertiary/aromatic N) is 1. The van der Waals surface area contributed by atoms with Crippen LogP contribution < -0.4 is 5.56 Å². The highest BCUT2D eigenvalue weighted by molar-refractivity contribution is 7.99. The topological polar surface area (TPSA) is 75.2 Å². The van der Waals surface area contributed by atoms with Gasteiger partial charge in [0.05, 0.1) is 30.7 Å². The quantitative estimate of drug-likeness (QED) is 0.482. The smallest absolute Gasteiger partial charge is 0.259 e. The molecule has 5 nitrogen and oxygen atoms in total. The molecule has 0 saturated heterocycles. The Morgan fingerprint density at radius 2 is 2.26 bits per heavy atom. The zero-order chi connectivity index (χ0) is 13.7. The molecule has 2 N–H and O–H groups in total. The summed E-state index contributed by atoms with van der Waals surface area (Å²) in [5.74, 6) is 0.648. The lowest BCUT2D eigenvalue weighted by atomic mass is 10.2. The van der Waals surface area contributed by atoms with Crippen LogP contribution in [0, 0.1) is 0 Å². The van der Waals surface area contributed by atoms with Crippen LogP contribution in [0.5, 0.6) is 0 Å². The number of H-pyrrole nitrogens is 1. The maximum atomic E-state index is 11.8. The van der Waals surface area contributed by atoms with Crippen LogP contribution in [-0.4, -0.2) is 40.6 Å². The maximum absolute atomic E-state index is 11.8. The van der Waals surface area contributed by atoms with E-state index in [-0.39, 0.29) is 12.2 Å². The van der Waals surface area contributed by atoms with E-state index in [1.165, 1.54) is 11.8 Å². The normalized spacial score (nSPS) is 11.1. The molecule has 1 aromatic heterocycles. The predicted octanol–water partition coefficient (Wildman–Crippen LogP) is 1.68. The first-order valence-electron chi connectivity index (χ1n) is 5.71. The van der Waals surface area contributed by atoms with Gasteiger partial charge in [0.15, 0.2) is 5.16 Å². The molecule has 0 aliphatic carbocycles. The van der Waals surface area contributed by atoms with Crippen molar-refractivity contribution in [3.63, 3.8) is 0 Å². The molecule has 19 heavy (non-hydrogen) atoms. The average Bonchev–Trinajstić information content (AvgIpc) is 2.38. The fourth-order valence-corrected chi connectivity index (χ4v) is 2.41. The lowest BCUT2D eigenvalue weighted by Crippen LogP contribution is -2.10. The van der Waals surface area contributed by atoms with Crippen LogP contribution in [0.25, 0.3) is 10.9 Å². The van der Waals surface area contributed by atoms with E-state index in [1.54, 1.807) is 18.2 Å². The van der Waals surface area contributed by atoms with E-state index in [1.807, 2.05) is 0 Å². The van der Waals surface area contributed by atoms with Gasteiger partial charge < -0.3 is 14.8 Å². The summed E-state index contributed by atoms with van der Waals surface area (Å²) in [7, 11) is 0. The predicted molar refractivity (Wildman–Crippen MR) is 76.0 cm³/mol. The number of hydrogen-bond donors (Lipinski definition) is 2. The molecular weight excluding hydrogens is 288 g/mol. The van der Waals surface area contributed by atoms with Crippen LogP contribution in [0.1, 0.15) is 0 Å². The lowest BCUT2D eigenvalue weighted by Gasteiger charge is -2.03. The van der Waals surface area contributed by atoms with Crippen molar-refractivity contribution in [2.75, 3.05) is 25.6 Å². The number of hydrogen-bond acceptors (Lipinski definition) is 5. The molecule has 0 unspecified atom stereocenters. The summed E-state index contributed by atoms with van der Waals surface area (Å²) in [5.41, 5.74) is 0.399. The minimum atomic E-state index is -0.180. The van der Waals surface area contributed by atoms with Gasteiger partial charge in [-0.25, -0.2) is 4.98 Å². The molecule has 102 valence electrons. The van der Waals surface area contributed by atoms with Crippen molar-refractivity contribution in [3.05, 3.63) is 33.6 Å². The molecule has 0 bridgehead atoms. The number of benzene rings is 1. The van der Waals surface area contributed by atoms with Gasteiger partial charge in [-0.05, 0) is 18.2 Å². The largest absolute Gasteiger partial charge is 0.394 e. The van der Waals surface area contributed by atoms with Crippen LogP contribution in [0.15, 0.2) is 28.2 Å². The fourth-order valence-electron chi connectivity index (χ4n) is 1.52. The number of thioether (sulfide) groups is 1. The molecule has 0 radical (unpaired) electrons. The first-order valence-corrected chi connectivity index (χ1v) is 7.08. The van der Waals surface area contributed by atoms with E-state index in [0.29, 0.717) is 40.0 Å². The average molecular weight is 301 g/mol. The molecule has 0 spiro atoms. The number of halogens is 1. The van der Waals surface area contributed by atoms with E-state index in [9.17, 15) is 4.79 Å². The van der Waals surface area contributed by atoms with Gasteiger partial charge in [0.2, 0.25) is 0 Å². The van der Waals surface area contributed by atoms with Crippen molar-refractivity contribution < 1.29 is 9.84 Å². The van der Waals surface area contributed by atoms with E-state index in [2.05, 4.69) is 9.97 Å². The SMILES string of the molecule is O=c1[nH]c(SCCOCCO)nc2cc(Cl)ccc12. The molecule has 0 atom stereocenters. The van der Waals surface area contributed by atoms with Crippen LogP contribution in [0.2, 0.25) is 5.02 Å². The van der Waals surface area contributed by atoms with Crippen molar-refractivity contribution in [2.45, 2.75) is 5.16 Å². The summed E-state index contributed by atoms with van der Waals surface area (Å²) < 4.78 is 5.13. The zero-order valence-electron chi connectivity index (χ0n) is 10.1. The zero-order valence-corrected chi connectivity index (χ0v) is 11.6. The number of aromatic nitrogens is 2. The Bertz CT molecular complexity index is 617. The number of aromatic amines is 1. The van der Waals surface area contributed by atoms with Crippen LogP contribution in [-0.2, 0) is 4.74 Å². The van der Waals surface area contributed by atoms with Crippen LogP contribution in [0.3, 0.4) is 0 Å². The number of ether oxygens (including phenoxy) is 1. The summed E-state index contributed by atoms with van der Waals surface area (Å²) in [6, 6.07) is 4.98. The van der Waals surface area contributed by atoms with Gasteiger partial charge >= 0.3 is 0 Å². The Morgan fingerprint density at radius 3 is 3.05 bits per heavy atom. The molecule has 7 heteroatoms. The second kappa shape index (κ2) is 6.91. The van der Waals surface area contributed by atoms with Crippen LogP contribution in [0.4, 0.5) is 0 Å². The number of fused-ring (bicyclic) bond motifs is 1. The van der Waals surface area contributed by atoms with Crippen molar-refractivity contribution in [1.82, 2.24) is 9.97 Å². The Labute approximate surface area is 119 Å². The monoisotopic (exact) mass is 300 g/mol. The minimum absolute atomic E-state index is 0.00816. The van der Waals surface area contributed by atoms with Gasteiger partial charge in [-0.2, -0.15) is 0 Å². The summed E-state index contributed by atoms with van der Waals surface area (Å²) >= 11 is 7.27. The highest BCUT2D eigenvalue weighted by atomic mass is 35.5. The highest BCUT2D eigenvalue weighted by Crippen LogP contribution is 2.18. The van der Waals surface area contributed by atoms with Gasteiger partial charge in [-0.3, -0.25) is 4.79 Å². The number of aliphatic hydroxyl groups is 1. The number of nitrogens with one attached hydrogen (secondary N) is 1. The first kappa shape index (κ1) is 14.3. The standard InChI is InChI=1S/C12H13ClN2O3S/c13-8-1-2-9-10(7-8)14-12(15-11(9)17)19-6-5-18-4-3-16/h1-2,7,16H,3-6H2,(H,14,15,17). The van der Waals surface area contributed by atoms with E-state index >= 15 is 0 Å². The summed E-state index contributed by atoms with van der Waals surface area (Å²) in [6.07, 6.45) is 0. The van der Waals surface area contributed by atoms with E-state index < -0.39 is 0 Å². The van der Waals surface area contributed by atoms with Gasteiger partial charge in [0.1, 0.15) is 0 Å². The van der Waals surface area contributed by atoms with Gasteiger partial charge in [-0.15, -0.1) is 0 Å². The maximum Gasteiger partial charge on any atom is 0.259 e. The Kier molecular flexibility index (Phi) is 5.21. The molecule has 2 aromatic rings. The Morgan fingerprint density at radius 1 is 1.42 bits per heavy atom. The highest BCUT2D eigenvalue weighted by Gasteiger charge is 2.04. The van der Waals surface area contributed by atoms with Crippen molar-refractivity contribution in [3.8, 4) is 0 Å². The summed E-state index contributed by atoms with van der Waals surface area (Å²) in [5, 5.41) is 10.2. The van der Waals surface area contributed by atoms with Gasteiger partial charge in [-0.1, -0.05) is 23.4 Å². The summed E-state index contributed by atoms with van der Waals surface area (Å²) in [4.78, 5) is 18.9. The molecule has 0 saturated carbocycles. The molecule has 1 heterocycles. The Hall–Kier alpha value is -1.08. The number of aliphatic hydroxyl groups excluding tert-OH is 1. The Balaban J connectivity index is 2.09. The fraction of sp³-hybridized carbons (Fsp3) is 0.333. The second-order valence-corrected chi connectivity index (χ2v) is 5.24. The first-order chi connectivity index (χ1) is 9.20. The van der Waals surface area contributed by atoms with Gasteiger partial charge in [0, 0.05) is 10.8 Å².